The summed E-state index contributed by atoms with van der Waals surface area (Å²) in [6.45, 7) is 20.5. The molecule has 60 heavy (non-hydrogen) atoms. The summed E-state index contributed by atoms with van der Waals surface area (Å²) in [5.74, 6) is -0.551. The van der Waals surface area contributed by atoms with E-state index in [0.29, 0.717) is 26.1 Å². The lowest BCUT2D eigenvalue weighted by molar-refractivity contribution is -0.147. The molecule has 0 aromatic rings. The van der Waals surface area contributed by atoms with Crippen molar-refractivity contribution < 1.29 is 19.1 Å². The molecule has 332 valence electrons. The third-order valence-electron chi connectivity index (χ3n) is 9.46. The van der Waals surface area contributed by atoms with Crippen LogP contribution in [0, 0.1) is 5.92 Å². The monoisotopic (exact) mass is 824 g/mol. The number of hydrogen-bond acceptors (Lipinski definition) is 7. The van der Waals surface area contributed by atoms with E-state index in [-0.39, 0.29) is 24.5 Å². The van der Waals surface area contributed by atoms with Crippen molar-refractivity contribution in [2.45, 2.75) is 133 Å². The van der Waals surface area contributed by atoms with Gasteiger partial charge in [0.15, 0.2) is 0 Å². The third-order valence-corrected chi connectivity index (χ3v) is 9.46. The molecule has 0 aromatic carbocycles. The van der Waals surface area contributed by atoms with E-state index in [1.54, 1.807) is 0 Å². The van der Waals surface area contributed by atoms with Crippen LogP contribution in [0.15, 0.2) is 154 Å². The molecule has 0 saturated heterocycles. The average Bonchev–Trinajstić information content (AvgIpc) is 3.20. The van der Waals surface area contributed by atoms with Gasteiger partial charge in [0.05, 0.1) is 5.92 Å². The second-order valence-corrected chi connectivity index (χ2v) is 16.0. The molecule has 0 fully saturated rings. The van der Waals surface area contributed by atoms with Gasteiger partial charge in [0.25, 0.3) is 0 Å². The van der Waals surface area contributed by atoms with Crippen molar-refractivity contribution in [3.05, 3.63) is 154 Å². The standard InChI is InChI=1S/C53H81N3O4/c1-42(24-16-26-44(3)28-18-30-46(5)32-20-34-48(7)40-59-52(57)50(9)36-12-14-38-54)22-10-11-23-43(2)25-17-27-45(4)29-19-31-47(6)33-21-35-49(8)41-60-53(58)51(56)37-13-15-39-55/h10-11,16-19,22-31,34-35,50-51H,12-15,20-21,32-33,36-41,54-56H2,1-9H3/b11-10+,24-16+,25-17+,28-18+,29-19+,42-22+,43-23+,44-26+,45-27+,46-30+,47-31+,48-34+,49-35+. The normalized spacial score (nSPS) is 15.7. The molecule has 2 unspecified atom stereocenters. The fraction of sp³-hybridized carbons (Fsp3) is 0.472. The Labute approximate surface area is 365 Å². The quantitative estimate of drug-likeness (QED) is 0.0284. The second-order valence-electron chi connectivity index (χ2n) is 16.0. The van der Waals surface area contributed by atoms with Gasteiger partial charge in [-0.3, -0.25) is 9.59 Å². The first kappa shape index (κ1) is 55.4. The Kier molecular flexibility index (Phi) is 33.5. The van der Waals surface area contributed by atoms with Gasteiger partial charge in [-0.1, -0.05) is 163 Å². The minimum absolute atomic E-state index is 0.0792. The zero-order chi connectivity index (χ0) is 45.0. The Balaban J connectivity index is 4.67. The molecule has 0 spiro atoms. The largest absolute Gasteiger partial charge is 0.461 e. The van der Waals surface area contributed by atoms with Crippen molar-refractivity contribution in [1.82, 2.24) is 0 Å². The second kappa shape index (κ2) is 36.3. The number of allylic oxidation sites excluding steroid dienone is 24. The fourth-order valence-corrected chi connectivity index (χ4v) is 5.40. The predicted molar refractivity (Wildman–Crippen MR) is 259 cm³/mol. The lowest BCUT2D eigenvalue weighted by Gasteiger charge is -2.11. The fourth-order valence-electron chi connectivity index (χ4n) is 5.40. The van der Waals surface area contributed by atoms with Gasteiger partial charge in [-0.15, -0.1) is 0 Å². The van der Waals surface area contributed by atoms with Crippen LogP contribution in [-0.4, -0.2) is 44.3 Å². The van der Waals surface area contributed by atoms with Gasteiger partial charge in [-0.05, 0) is 131 Å². The van der Waals surface area contributed by atoms with Crippen molar-refractivity contribution in [1.29, 1.82) is 0 Å². The van der Waals surface area contributed by atoms with Crippen molar-refractivity contribution in [3.63, 3.8) is 0 Å². The highest BCUT2D eigenvalue weighted by atomic mass is 16.5. The third kappa shape index (κ3) is 33.3. The molecule has 6 N–H and O–H groups in total. The van der Waals surface area contributed by atoms with Gasteiger partial charge in [-0.25, -0.2) is 0 Å². The number of carbonyl (C=O) groups is 2. The smallest absolute Gasteiger partial charge is 0.323 e. The molecule has 0 amide bonds. The van der Waals surface area contributed by atoms with Gasteiger partial charge in [0.2, 0.25) is 0 Å². The van der Waals surface area contributed by atoms with Crippen LogP contribution in [0.1, 0.15) is 127 Å². The maximum Gasteiger partial charge on any atom is 0.323 e. The molecule has 7 nitrogen and oxygen atoms in total. The lowest BCUT2D eigenvalue weighted by Crippen LogP contribution is -2.32. The van der Waals surface area contributed by atoms with E-state index < -0.39 is 6.04 Å². The number of esters is 2. The molecule has 0 bridgehead atoms. The van der Waals surface area contributed by atoms with E-state index in [1.807, 2.05) is 20.8 Å². The van der Waals surface area contributed by atoms with E-state index in [9.17, 15) is 9.59 Å². The highest BCUT2D eigenvalue weighted by Crippen LogP contribution is 2.13. The maximum absolute atomic E-state index is 12.2. The summed E-state index contributed by atoms with van der Waals surface area (Å²) in [5.41, 5.74) is 26.3. The maximum atomic E-state index is 12.2. The summed E-state index contributed by atoms with van der Waals surface area (Å²) in [6.07, 6.45) is 46.6. The summed E-state index contributed by atoms with van der Waals surface area (Å²) in [6, 6.07) is -0.578. The van der Waals surface area contributed by atoms with E-state index in [4.69, 9.17) is 26.7 Å². The molecule has 0 aliphatic heterocycles. The van der Waals surface area contributed by atoms with Crippen LogP contribution in [-0.2, 0) is 19.1 Å². The summed E-state index contributed by atoms with van der Waals surface area (Å²) in [7, 11) is 0. The van der Waals surface area contributed by atoms with Gasteiger partial charge < -0.3 is 26.7 Å². The van der Waals surface area contributed by atoms with Crippen molar-refractivity contribution >= 4 is 11.9 Å². The minimum Gasteiger partial charge on any atom is -0.461 e. The molecule has 0 aromatic heterocycles. The number of rotatable bonds is 30. The number of unbranched alkanes of at least 4 members (excludes halogenated alkanes) is 2. The van der Waals surface area contributed by atoms with Crippen LogP contribution in [0.4, 0.5) is 0 Å². The molecule has 0 saturated carbocycles. The first-order chi connectivity index (χ1) is 28.7. The first-order valence-electron chi connectivity index (χ1n) is 21.9. The van der Waals surface area contributed by atoms with E-state index in [2.05, 4.69) is 151 Å². The Morgan fingerprint density at radius 3 is 1.27 bits per heavy atom. The first-order valence-corrected chi connectivity index (χ1v) is 21.9. The molecule has 0 heterocycles. The highest BCUT2D eigenvalue weighted by Gasteiger charge is 2.15. The minimum atomic E-state index is -0.578. The predicted octanol–water partition coefficient (Wildman–Crippen LogP) is 12.2. The van der Waals surface area contributed by atoms with Gasteiger partial charge in [0, 0.05) is 0 Å². The van der Waals surface area contributed by atoms with Gasteiger partial charge in [-0.2, -0.15) is 0 Å². The molecular formula is C53H81N3O4. The molecule has 0 rings (SSSR count). The van der Waals surface area contributed by atoms with Crippen LogP contribution in [0.3, 0.4) is 0 Å². The molecular weight excluding hydrogens is 743 g/mol. The zero-order valence-corrected chi connectivity index (χ0v) is 38.8. The van der Waals surface area contributed by atoms with Crippen LogP contribution < -0.4 is 17.2 Å². The van der Waals surface area contributed by atoms with E-state index in [0.717, 1.165) is 68.9 Å². The van der Waals surface area contributed by atoms with Crippen molar-refractivity contribution in [2.75, 3.05) is 26.3 Å². The zero-order valence-electron chi connectivity index (χ0n) is 38.8. The topological polar surface area (TPSA) is 131 Å². The summed E-state index contributed by atoms with van der Waals surface area (Å²) in [5, 5.41) is 0. The SMILES string of the molecule is CC(/C=C/C=C(C)/C=C/C=C(\C)CC/C=C(\C)COC(=O)C(C)CCCCN)=C\C=C\C=C(C)\C=C\C=C(C)\C=C\C=C(/C)CC/C=C(\C)COC(=O)C(N)CCCCN. The van der Waals surface area contributed by atoms with Crippen LogP contribution in [0.5, 0.6) is 0 Å². The average molecular weight is 824 g/mol. The van der Waals surface area contributed by atoms with Gasteiger partial charge >= 0.3 is 11.9 Å². The number of carbonyl (C=O) groups excluding carboxylic acids is 2. The Bertz CT molecular complexity index is 1550. The molecule has 0 radical (unpaired) electrons. The van der Waals surface area contributed by atoms with Crippen LogP contribution in [0.2, 0.25) is 0 Å². The Morgan fingerprint density at radius 2 is 0.850 bits per heavy atom. The number of nitrogens with two attached hydrogens (primary N) is 3. The molecule has 2 atom stereocenters. The van der Waals surface area contributed by atoms with E-state index in [1.165, 1.54) is 33.4 Å². The number of ether oxygens (including phenoxy) is 2. The molecule has 0 aliphatic rings. The van der Waals surface area contributed by atoms with E-state index >= 15 is 0 Å². The highest BCUT2D eigenvalue weighted by molar-refractivity contribution is 5.75. The Morgan fingerprint density at radius 1 is 0.483 bits per heavy atom. The summed E-state index contributed by atoms with van der Waals surface area (Å²) < 4.78 is 10.8. The molecule has 0 aliphatic carbocycles. The van der Waals surface area contributed by atoms with Crippen LogP contribution >= 0.6 is 0 Å². The lowest BCUT2D eigenvalue weighted by atomic mass is 10.0. The summed E-state index contributed by atoms with van der Waals surface area (Å²) in [4.78, 5) is 24.2. The Hall–Kier alpha value is -4.56. The van der Waals surface area contributed by atoms with Gasteiger partial charge in [0.1, 0.15) is 19.3 Å². The number of hydrogen-bond donors (Lipinski definition) is 3. The van der Waals surface area contributed by atoms with Crippen LogP contribution in [0.25, 0.3) is 0 Å². The van der Waals surface area contributed by atoms with Crippen molar-refractivity contribution in [3.8, 4) is 0 Å². The molecule has 7 heteroatoms. The summed E-state index contributed by atoms with van der Waals surface area (Å²) >= 11 is 0. The van der Waals surface area contributed by atoms with Crippen molar-refractivity contribution in [2.24, 2.45) is 23.1 Å².